The van der Waals surface area contributed by atoms with Crippen LogP contribution in [0.5, 0.6) is 0 Å². The number of phosphoric acid groups is 1. The van der Waals surface area contributed by atoms with Crippen LogP contribution in [0.4, 0.5) is 0 Å². The minimum atomic E-state index is -5.01. The molecule has 3 rings (SSSR count). The zero-order valence-electron chi connectivity index (χ0n) is 19.5. The Kier molecular flexibility index (Phi) is 11.0. The first-order chi connectivity index (χ1) is 17.7. The number of hydrogen-bond acceptors (Lipinski definition) is 17. The maximum Gasteiger partial charge on any atom is 0.469 e. The van der Waals surface area contributed by atoms with Crippen molar-refractivity contribution in [2.24, 2.45) is 0 Å². The lowest BCUT2D eigenvalue weighted by atomic mass is 9.96. The van der Waals surface area contributed by atoms with Crippen molar-refractivity contribution in [3.05, 3.63) is 0 Å². The third-order valence-electron chi connectivity index (χ3n) is 6.32. The fraction of sp³-hybridized carbons (Fsp3) is 1.00. The van der Waals surface area contributed by atoms with Crippen LogP contribution in [0.2, 0.25) is 0 Å². The van der Waals surface area contributed by atoms with E-state index in [-0.39, 0.29) is 0 Å². The highest BCUT2D eigenvalue weighted by Gasteiger charge is 2.53. The van der Waals surface area contributed by atoms with Gasteiger partial charge in [0, 0.05) is 0 Å². The van der Waals surface area contributed by atoms with Crippen molar-refractivity contribution in [2.45, 2.75) is 92.1 Å². The average Bonchev–Trinajstić information content (AvgIpc) is 2.86. The number of phosphoric ester groups is 1. The standard InChI is InChI=1S/C18H33O19P/c19-1-4-14(9(23)11(25)16(28)33-4)36-18-13(27)10(24)15(5(2-20)34-18)37-17-12(26)8(22)7(21)6(35-17)3-32-38(29,30)31/h4-28H,1-3H2,(H2,29,30,31)/t4-,5-,6-,7-,8+,9-,10-,11-,12-,13-,14-,15-,16?,17-,18-/m1/s1. The molecule has 0 amide bonds. The zero-order chi connectivity index (χ0) is 28.5. The van der Waals surface area contributed by atoms with Crippen LogP contribution in [-0.4, -0.2) is 173 Å². The Morgan fingerprint density at radius 2 is 1.03 bits per heavy atom. The summed E-state index contributed by atoms with van der Waals surface area (Å²) in [6.07, 6.45) is -26.9. The quantitative estimate of drug-likeness (QED) is 0.112. The van der Waals surface area contributed by atoms with Crippen LogP contribution in [0.25, 0.3) is 0 Å². The van der Waals surface area contributed by atoms with Crippen molar-refractivity contribution >= 4 is 7.82 Å². The molecule has 3 aliphatic heterocycles. The zero-order valence-corrected chi connectivity index (χ0v) is 20.3. The van der Waals surface area contributed by atoms with Crippen LogP contribution in [0.1, 0.15) is 0 Å². The molecule has 0 aromatic heterocycles. The maximum atomic E-state index is 11.0. The SMILES string of the molecule is O=P(O)(O)OC[C@H]1O[C@H](O[C@H]2[C@H](O)[C@@H](O)[C@@H](O[C@H]3[C@H](O)[C@@H](O)C(O)O[C@@H]3CO)O[C@@H]2CO)[C@H](O)[C@@H](O)[C@@H]1O. The summed E-state index contributed by atoms with van der Waals surface area (Å²) < 4.78 is 41.6. The van der Waals surface area contributed by atoms with Gasteiger partial charge in [-0.25, -0.2) is 4.57 Å². The Hall–Kier alpha value is -0.490. The summed E-state index contributed by atoms with van der Waals surface area (Å²) >= 11 is 0. The van der Waals surface area contributed by atoms with E-state index in [1.807, 2.05) is 0 Å². The molecule has 12 N–H and O–H groups in total. The number of aliphatic hydroxyl groups excluding tert-OH is 10. The molecule has 20 heteroatoms. The van der Waals surface area contributed by atoms with Crippen molar-refractivity contribution in [1.29, 1.82) is 0 Å². The van der Waals surface area contributed by atoms with Gasteiger partial charge in [0.05, 0.1) is 19.8 Å². The van der Waals surface area contributed by atoms with E-state index in [0.29, 0.717) is 0 Å². The molecule has 1 unspecified atom stereocenters. The Morgan fingerprint density at radius 3 is 1.53 bits per heavy atom. The maximum absolute atomic E-state index is 11.0. The molecule has 3 aliphatic rings. The highest BCUT2D eigenvalue weighted by atomic mass is 31.2. The van der Waals surface area contributed by atoms with Gasteiger partial charge in [-0.1, -0.05) is 0 Å². The monoisotopic (exact) mass is 584 g/mol. The molecule has 15 atom stereocenters. The van der Waals surface area contributed by atoms with Crippen molar-refractivity contribution in [3.63, 3.8) is 0 Å². The third-order valence-corrected chi connectivity index (χ3v) is 6.80. The summed E-state index contributed by atoms with van der Waals surface area (Å²) in [5.74, 6) is 0. The lowest BCUT2D eigenvalue weighted by Gasteiger charge is -2.47. The number of rotatable bonds is 9. The Bertz CT molecular complexity index is 796. The fourth-order valence-corrected chi connectivity index (χ4v) is 4.56. The molecule has 38 heavy (non-hydrogen) atoms. The highest BCUT2D eigenvalue weighted by molar-refractivity contribution is 7.46. The second-order valence-corrected chi connectivity index (χ2v) is 10.2. The minimum Gasteiger partial charge on any atom is -0.394 e. The van der Waals surface area contributed by atoms with Crippen molar-refractivity contribution in [1.82, 2.24) is 0 Å². The van der Waals surface area contributed by atoms with Gasteiger partial charge in [0.1, 0.15) is 73.2 Å². The topological polar surface area (TPSA) is 315 Å². The van der Waals surface area contributed by atoms with E-state index < -0.39 is 120 Å². The van der Waals surface area contributed by atoms with Crippen LogP contribution >= 0.6 is 7.82 Å². The average molecular weight is 584 g/mol. The Morgan fingerprint density at radius 1 is 0.579 bits per heavy atom. The normalized spacial score (nSPS) is 48.7. The molecular formula is C18H33O19P. The Balaban J connectivity index is 1.71. The van der Waals surface area contributed by atoms with E-state index >= 15 is 0 Å². The summed E-state index contributed by atoms with van der Waals surface area (Å²) in [5.41, 5.74) is 0. The molecule has 19 nitrogen and oxygen atoms in total. The predicted octanol–water partition coefficient (Wildman–Crippen LogP) is -7.46. The van der Waals surface area contributed by atoms with E-state index in [0.717, 1.165) is 0 Å². The lowest BCUT2D eigenvalue weighted by Crippen LogP contribution is -2.66. The van der Waals surface area contributed by atoms with Gasteiger partial charge in [-0.15, -0.1) is 0 Å². The minimum absolute atomic E-state index is 0.802. The van der Waals surface area contributed by atoms with Gasteiger partial charge < -0.3 is 84.5 Å². The highest BCUT2D eigenvalue weighted by Crippen LogP contribution is 2.37. The summed E-state index contributed by atoms with van der Waals surface area (Å²) in [6, 6.07) is 0. The van der Waals surface area contributed by atoms with Gasteiger partial charge in [-0.3, -0.25) is 4.52 Å². The van der Waals surface area contributed by atoms with Gasteiger partial charge in [-0.2, -0.15) is 0 Å². The smallest absolute Gasteiger partial charge is 0.394 e. The summed E-state index contributed by atoms with van der Waals surface area (Å²) in [5, 5.41) is 101. The molecule has 224 valence electrons. The van der Waals surface area contributed by atoms with E-state index in [1.165, 1.54) is 0 Å². The molecule has 0 spiro atoms. The van der Waals surface area contributed by atoms with Crippen molar-refractivity contribution < 1.29 is 93.6 Å². The number of aliphatic hydroxyl groups is 10. The van der Waals surface area contributed by atoms with E-state index in [2.05, 4.69) is 4.52 Å². The first kappa shape index (κ1) is 32.0. The van der Waals surface area contributed by atoms with Gasteiger partial charge in [0.25, 0.3) is 0 Å². The first-order valence-corrected chi connectivity index (χ1v) is 12.9. The molecule has 0 saturated carbocycles. The van der Waals surface area contributed by atoms with Crippen LogP contribution < -0.4 is 0 Å². The number of ether oxygens (including phenoxy) is 5. The van der Waals surface area contributed by atoms with Crippen LogP contribution in [0, 0.1) is 0 Å². The molecule has 3 fully saturated rings. The second kappa shape index (κ2) is 13.0. The molecule has 0 bridgehead atoms. The molecular weight excluding hydrogens is 551 g/mol. The van der Waals surface area contributed by atoms with Gasteiger partial charge >= 0.3 is 7.82 Å². The lowest BCUT2D eigenvalue weighted by molar-refractivity contribution is -0.377. The fourth-order valence-electron chi connectivity index (χ4n) is 4.22. The largest absolute Gasteiger partial charge is 0.469 e. The van der Waals surface area contributed by atoms with E-state index in [1.54, 1.807) is 0 Å². The molecule has 0 aliphatic carbocycles. The van der Waals surface area contributed by atoms with Crippen LogP contribution in [0.15, 0.2) is 0 Å². The van der Waals surface area contributed by atoms with E-state index in [9.17, 15) is 55.6 Å². The molecule has 3 heterocycles. The predicted molar refractivity (Wildman–Crippen MR) is 112 cm³/mol. The van der Waals surface area contributed by atoms with Crippen LogP contribution in [-0.2, 0) is 32.8 Å². The molecule has 0 radical (unpaired) electrons. The summed E-state index contributed by atoms with van der Waals surface area (Å²) in [6.45, 7) is -2.65. The van der Waals surface area contributed by atoms with Crippen molar-refractivity contribution in [3.8, 4) is 0 Å². The molecule has 3 saturated heterocycles. The van der Waals surface area contributed by atoms with Crippen molar-refractivity contribution in [2.75, 3.05) is 19.8 Å². The van der Waals surface area contributed by atoms with Gasteiger partial charge in [-0.05, 0) is 0 Å². The summed E-state index contributed by atoms with van der Waals surface area (Å²) in [4.78, 5) is 17.7. The van der Waals surface area contributed by atoms with Gasteiger partial charge in [0.15, 0.2) is 18.9 Å². The number of hydrogen-bond donors (Lipinski definition) is 12. The van der Waals surface area contributed by atoms with Gasteiger partial charge in [0.2, 0.25) is 0 Å². The second-order valence-electron chi connectivity index (χ2n) is 8.94. The third kappa shape index (κ3) is 7.04. The van der Waals surface area contributed by atoms with Crippen LogP contribution in [0.3, 0.4) is 0 Å². The molecule has 0 aromatic rings. The first-order valence-electron chi connectivity index (χ1n) is 11.3. The summed E-state index contributed by atoms with van der Waals surface area (Å²) in [7, 11) is -5.01. The Labute approximate surface area is 214 Å². The van der Waals surface area contributed by atoms with E-state index in [4.69, 9.17) is 33.5 Å². The molecule has 0 aromatic carbocycles.